The molecule has 0 spiro atoms. The molecular weight excluding hydrogens is 328 g/mol. The molecule has 0 radical (unpaired) electrons. The van der Waals surface area contributed by atoms with E-state index in [-0.39, 0.29) is 11.4 Å². The second-order valence-electron chi connectivity index (χ2n) is 5.01. The Labute approximate surface area is 141 Å². The van der Waals surface area contributed by atoms with Crippen LogP contribution < -0.4 is 5.32 Å². The van der Waals surface area contributed by atoms with E-state index in [9.17, 15) is 19.7 Å². The second-order valence-corrected chi connectivity index (χ2v) is 5.01. The smallest absolute Gasteiger partial charge is 0.420 e. The normalized spacial score (nSPS) is 10.4. The van der Waals surface area contributed by atoms with Crippen molar-refractivity contribution in [3.63, 3.8) is 0 Å². The molecular formula is C16H12N4O5. The summed E-state index contributed by atoms with van der Waals surface area (Å²) in [6.07, 6.45) is 0.564. The molecule has 1 aromatic heterocycles. The summed E-state index contributed by atoms with van der Waals surface area (Å²) in [5.74, 6) is -0.613. The number of nitrogens with zero attached hydrogens (tertiary/aromatic N) is 3. The van der Waals surface area contributed by atoms with Gasteiger partial charge in [-0.05, 0) is 18.2 Å². The van der Waals surface area contributed by atoms with Crippen LogP contribution in [-0.4, -0.2) is 33.1 Å². The first-order valence-corrected chi connectivity index (χ1v) is 7.18. The first kappa shape index (κ1) is 16.1. The number of imidazole rings is 1. The van der Waals surface area contributed by atoms with Crippen LogP contribution in [0.4, 0.5) is 16.2 Å². The number of non-ortho nitro benzene ring substituents is 1. The van der Waals surface area contributed by atoms with E-state index in [4.69, 9.17) is 4.74 Å². The number of nitrogens with one attached hydrogen (secondary N) is 1. The Hall–Kier alpha value is -3.75. The summed E-state index contributed by atoms with van der Waals surface area (Å²) in [5, 5.41) is 13.1. The number of ether oxygens (including phenoxy) is 1. The summed E-state index contributed by atoms with van der Waals surface area (Å²) in [7, 11) is 0. The zero-order chi connectivity index (χ0) is 17.8. The number of aromatic nitrogens is 2. The van der Waals surface area contributed by atoms with Gasteiger partial charge in [0, 0.05) is 17.8 Å². The van der Waals surface area contributed by atoms with Crippen LogP contribution in [0.25, 0.3) is 11.0 Å². The van der Waals surface area contributed by atoms with Gasteiger partial charge in [-0.25, -0.2) is 14.3 Å². The molecule has 25 heavy (non-hydrogen) atoms. The van der Waals surface area contributed by atoms with Gasteiger partial charge in [-0.2, -0.15) is 0 Å². The molecule has 0 aliphatic heterocycles. The highest BCUT2D eigenvalue weighted by atomic mass is 16.6. The number of carbonyl (C=O) groups excluding carboxylic acids is 2. The van der Waals surface area contributed by atoms with Gasteiger partial charge in [-0.15, -0.1) is 0 Å². The van der Waals surface area contributed by atoms with Crippen molar-refractivity contribution in [3.8, 4) is 0 Å². The molecule has 1 amide bonds. The number of hydrogen-bond acceptors (Lipinski definition) is 6. The van der Waals surface area contributed by atoms with Crippen molar-refractivity contribution in [2.24, 2.45) is 0 Å². The number of anilines is 1. The summed E-state index contributed by atoms with van der Waals surface area (Å²) >= 11 is 0. The molecule has 0 saturated carbocycles. The zero-order valence-electron chi connectivity index (χ0n) is 12.8. The van der Waals surface area contributed by atoms with E-state index < -0.39 is 23.5 Å². The summed E-state index contributed by atoms with van der Waals surface area (Å²) in [5.41, 5.74) is 1.27. The van der Waals surface area contributed by atoms with E-state index in [0.29, 0.717) is 11.0 Å². The fourth-order valence-corrected chi connectivity index (χ4v) is 2.20. The van der Waals surface area contributed by atoms with E-state index in [1.807, 2.05) is 0 Å². The van der Waals surface area contributed by atoms with Crippen LogP contribution in [0, 0.1) is 10.1 Å². The molecule has 0 saturated heterocycles. The second kappa shape index (κ2) is 6.79. The summed E-state index contributed by atoms with van der Waals surface area (Å²) in [6.45, 7) is -0.534. The molecule has 0 fully saturated rings. The van der Waals surface area contributed by atoms with Crippen LogP contribution in [0.2, 0.25) is 0 Å². The quantitative estimate of drug-likeness (QED) is 0.576. The number of rotatable bonds is 4. The monoisotopic (exact) mass is 340 g/mol. The van der Waals surface area contributed by atoms with Crippen LogP contribution >= 0.6 is 0 Å². The molecule has 2 aromatic carbocycles. The molecule has 0 bridgehead atoms. The minimum absolute atomic E-state index is 0.153. The lowest BCUT2D eigenvalue weighted by Gasteiger charge is -2.07. The van der Waals surface area contributed by atoms with Gasteiger partial charge in [0.1, 0.15) is 6.33 Å². The molecule has 3 rings (SSSR count). The Balaban J connectivity index is 1.61. The predicted octanol–water partition coefficient (Wildman–Crippen LogP) is 2.57. The Morgan fingerprint density at radius 2 is 2.00 bits per heavy atom. The van der Waals surface area contributed by atoms with E-state index in [1.165, 1.54) is 35.2 Å². The third-order valence-electron chi connectivity index (χ3n) is 3.32. The fourth-order valence-electron chi connectivity index (χ4n) is 2.20. The molecule has 1 N–H and O–H groups in total. The van der Waals surface area contributed by atoms with Gasteiger partial charge in [-0.3, -0.25) is 14.9 Å². The number of nitro benzene ring substituents is 1. The molecule has 0 aliphatic rings. The van der Waals surface area contributed by atoms with Gasteiger partial charge in [0.05, 0.1) is 16.0 Å². The summed E-state index contributed by atoms with van der Waals surface area (Å²) in [6, 6.07) is 12.4. The van der Waals surface area contributed by atoms with Gasteiger partial charge in [0.15, 0.2) is 6.61 Å². The van der Waals surface area contributed by atoms with Crippen molar-refractivity contribution in [3.05, 3.63) is 65.0 Å². The van der Waals surface area contributed by atoms with Gasteiger partial charge >= 0.3 is 6.09 Å². The third kappa shape index (κ3) is 3.61. The maximum atomic E-state index is 12.1. The molecule has 9 heteroatoms. The number of nitro groups is 1. The summed E-state index contributed by atoms with van der Waals surface area (Å²) < 4.78 is 6.13. The van der Waals surface area contributed by atoms with Gasteiger partial charge in [0.25, 0.3) is 11.6 Å². The Morgan fingerprint density at radius 1 is 1.20 bits per heavy atom. The number of carbonyl (C=O) groups is 2. The first-order chi connectivity index (χ1) is 12.0. The van der Waals surface area contributed by atoms with E-state index in [2.05, 4.69) is 10.3 Å². The Morgan fingerprint density at radius 3 is 2.80 bits per heavy atom. The number of benzene rings is 2. The highest BCUT2D eigenvalue weighted by Crippen LogP contribution is 2.17. The molecule has 0 atom stereocenters. The topological polar surface area (TPSA) is 116 Å². The van der Waals surface area contributed by atoms with Crippen molar-refractivity contribution in [2.45, 2.75) is 0 Å². The Bertz CT molecular complexity index is 966. The lowest BCUT2D eigenvalue weighted by molar-refractivity contribution is -0.384. The molecule has 3 aromatic rings. The zero-order valence-corrected chi connectivity index (χ0v) is 12.8. The third-order valence-corrected chi connectivity index (χ3v) is 3.32. The van der Waals surface area contributed by atoms with E-state index >= 15 is 0 Å². The average Bonchev–Trinajstić information content (AvgIpc) is 3.04. The van der Waals surface area contributed by atoms with Crippen molar-refractivity contribution < 1.29 is 19.2 Å². The molecule has 0 unspecified atom stereocenters. The summed E-state index contributed by atoms with van der Waals surface area (Å²) in [4.78, 5) is 38.1. The molecule has 0 aliphatic carbocycles. The lowest BCUT2D eigenvalue weighted by Crippen LogP contribution is -2.23. The van der Waals surface area contributed by atoms with Crippen molar-refractivity contribution in [1.82, 2.24) is 9.55 Å². The maximum Gasteiger partial charge on any atom is 0.420 e. The fraction of sp³-hybridized carbons (Fsp3) is 0.0625. The maximum absolute atomic E-state index is 12.1. The van der Waals surface area contributed by atoms with Crippen molar-refractivity contribution in [2.75, 3.05) is 11.9 Å². The number of amides is 1. The van der Waals surface area contributed by atoms with Gasteiger partial charge in [0.2, 0.25) is 0 Å². The Kier molecular flexibility index (Phi) is 4.38. The first-order valence-electron chi connectivity index (χ1n) is 7.18. The van der Waals surface area contributed by atoms with Gasteiger partial charge in [-0.1, -0.05) is 18.2 Å². The number of fused-ring (bicyclic) bond motifs is 1. The SMILES string of the molecule is O=C(COC(=O)n1cnc2ccccc21)Nc1cccc([N+](=O)[O-])c1. The highest BCUT2D eigenvalue weighted by Gasteiger charge is 2.14. The lowest BCUT2D eigenvalue weighted by atomic mass is 10.3. The molecule has 1 heterocycles. The van der Waals surface area contributed by atoms with E-state index in [0.717, 1.165) is 0 Å². The van der Waals surface area contributed by atoms with E-state index in [1.54, 1.807) is 24.3 Å². The minimum atomic E-state index is -0.747. The van der Waals surface area contributed by atoms with Crippen molar-refractivity contribution in [1.29, 1.82) is 0 Å². The highest BCUT2D eigenvalue weighted by molar-refractivity contribution is 5.94. The van der Waals surface area contributed by atoms with Crippen molar-refractivity contribution >= 4 is 34.4 Å². The average molecular weight is 340 g/mol. The number of hydrogen-bond donors (Lipinski definition) is 1. The predicted molar refractivity (Wildman–Crippen MR) is 88.2 cm³/mol. The van der Waals surface area contributed by atoms with Crippen LogP contribution in [0.3, 0.4) is 0 Å². The number of para-hydroxylation sites is 2. The molecule has 126 valence electrons. The van der Waals surface area contributed by atoms with Gasteiger partial charge < -0.3 is 10.1 Å². The van der Waals surface area contributed by atoms with Crippen LogP contribution in [0.5, 0.6) is 0 Å². The van der Waals surface area contributed by atoms with Crippen LogP contribution in [0.1, 0.15) is 0 Å². The minimum Gasteiger partial charge on any atom is -0.439 e. The standard InChI is InChI=1S/C16H12N4O5/c21-15(18-11-4-3-5-12(8-11)20(23)24)9-25-16(22)19-10-17-13-6-1-2-7-14(13)19/h1-8,10H,9H2,(H,18,21). The molecule has 9 nitrogen and oxygen atoms in total. The largest absolute Gasteiger partial charge is 0.439 e. The van der Waals surface area contributed by atoms with Crippen LogP contribution in [-0.2, 0) is 9.53 Å². The van der Waals surface area contributed by atoms with Crippen LogP contribution in [0.15, 0.2) is 54.9 Å².